The van der Waals surface area contributed by atoms with Crippen LogP contribution in [-0.4, -0.2) is 71.0 Å². The van der Waals surface area contributed by atoms with Crippen molar-refractivity contribution in [1.82, 2.24) is 15.1 Å². The van der Waals surface area contributed by atoms with Gasteiger partial charge in [0.25, 0.3) is 0 Å². The minimum absolute atomic E-state index is 0.00628. The van der Waals surface area contributed by atoms with Gasteiger partial charge in [-0.25, -0.2) is 0 Å². The molecule has 3 amide bonds. The molecule has 4 N–H and O–H groups in total. The number of aliphatic hydroxyl groups is 1. The van der Waals surface area contributed by atoms with Crippen molar-refractivity contribution in [3.05, 3.63) is 59.7 Å². The van der Waals surface area contributed by atoms with Crippen LogP contribution in [0.15, 0.2) is 48.5 Å². The van der Waals surface area contributed by atoms with Gasteiger partial charge < -0.3 is 25.8 Å². The molecule has 42 heavy (non-hydrogen) atoms. The lowest BCUT2D eigenvalue weighted by molar-refractivity contribution is -0.157. The van der Waals surface area contributed by atoms with Crippen molar-refractivity contribution in [3.63, 3.8) is 0 Å². The number of piperazine rings is 1. The van der Waals surface area contributed by atoms with Crippen LogP contribution in [-0.2, 0) is 16.1 Å². The largest absolute Gasteiger partial charge is 0.457 e. The molecular weight excluding hydrogens is 532 g/mol. The molecule has 5 rings (SSSR count). The highest BCUT2D eigenvalue weighted by Crippen LogP contribution is 2.33. The number of hydrogen-bond acceptors (Lipinski definition) is 6. The van der Waals surface area contributed by atoms with Gasteiger partial charge in [-0.2, -0.15) is 0 Å². The van der Waals surface area contributed by atoms with Crippen molar-refractivity contribution in [2.75, 3.05) is 32.8 Å². The van der Waals surface area contributed by atoms with Crippen LogP contribution >= 0.6 is 0 Å². The molecule has 2 aromatic rings. The van der Waals surface area contributed by atoms with Crippen LogP contribution in [0.3, 0.4) is 0 Å². The predicted octanol–water partition coefficient (Wildman–Crippen LogP) is 4.23. The van der Waals surface area contributed by atoms with E-state index in [1.54, 1.807) is 24.3 Å². The molecule has 3 aliphatic rings. The number of unbranched alkanes of at least 4 members (excludes halogenated alkanes) is 1. The van der Waals surface area contributed by atoms with E-state index in [0.717, 1.165) is 38.0 Å². The number of nitrogens with zero attached hydrogens (tertiary/aromatic N) is 2. The summed E-state index contributed by atoms with van der Waals surface area (Å²) in [4.78, 5) is 40.8. The summed E-state index contributed by atoms with van der Waals surface area (Å²) in [6.07, 6.45) is 9.79. The number of carbonyl (C=O) groups excluding carboxylic acids is 3. The molecule has 1 saturated carbocycles. The molecular formula is C33H46N4O5. The lowest BCUT2D eigenvalue weighted by atomic mass is 9.82. The van der Waals surface area contributed by atoms with E-state index in [-0.39, 0.29) is 18.4 Å². The molecule has 9 heteroatoms. The van der Waals surface area contributed by atoms with Gasteiger partial charge >= 0.3 is 0 Å². The van der Waals surface area contributed by atoms with Crippen molar-refractivity contribution >= 4 is 17.7 Å². The second kappa shape index (κ2) is 15.2. The summed E-state index contributed by atoms with van der Waals surface area (Å²) in [5.41, 5.74) is 6.15. The second-order valence-electron chi connectivity index (χ2n) is 11.7. The van der Waals surface area contributed by atoms with Crippen LogP contribution in [0.5, 0.6) is 11.5 Å². The maximum Gasteiger partial charge on any atom is 0.248 e. The van der Waals surface area contributed by atoms with E-state index in [1.807, 2.05) is 29.2 Å². The Labute approximate surface area is 249 Å². The molecule has 1 aliphatic carbocycles. The van der Waals surface area contributed by atoms with Gasteiger partial charge in [0, 0.05) is 38.3 Å². The number of carbonyl (C=O) groups is 3. The van der Waals surface area contributed by atoms with Gasteiger partial charge in [-0.15, -0.1) is 0 Å². The molecule has 0 unspecified atom stereocenters. The highest BCUT2D eigenvalue weighted by molar-refractivity contribution is 5.98. The Kier molecular flexibility index (Phi) is 11.4. The number of amides is 3. The molecule has 0 aromatic heterocycles. The first-order valence-corrected chi connectivity index (χ1v) is 15.4. The number of likely N-dealkylation sites (tertiary alicyclic amines) is 1. The Morgan fingerprint density at radius 1 is 1.00 bits per heavy atom. The fourth-order valence-electron chi connectivity index (χ4n) is 6.12. The van der Waals surface area contributed by atoms with E-state index in [2.05, 4.69) is 17.1 Å². The summed E-state index contributed by atoms with van der Waals surface area (Å²) in [5.74, 6) is 1.53. The average Bonchev–Trinajstić information content (AvgIpc) is 3.02. The Morgan fingerprint density at radius 3 is 2.17 bits per heavy atom. The van der Waals surface area contributed by atoms with E-state index in [4.69, 9.17) is 15.6 Å². The van der Waals surface area contributed by atoms with Gasteiger partial charge in [0.05, 0.1) is 6.54 Å². The molecule has 9 nitrogen and oxygen atoms in total. The lowest BCUT2D eigenvalue weighted by Gasteiger charge is -2.50. The second-order valence-corrected chi connectivity index (χ2v) is 11.7. The fraction of sp³-hybridized carbons (Fsp3) is 0.545. The van der Waals surface area contributed by atoms with Crippen molar-refractivity contribution in [2.45, 2.75) is 76.8 Å². The number of nitrogens with one attached hydrogen (secondary N) is 1. The van der Waals surface area contributed by atoms with Gasteiger partial charge in [0.15, 0.2) is 0 Å². The smallest absolute Gasteiger partial charge is 0.248 e. The van der Waals surface area contributed by atoms with E-state index in [0.29, 0.717) is 49.0 Å². The Hall–Kier alpha value is -3.43. The third-order valence-corrected chi connectivity index (χ3v) is 8.75. The number of hydrogen-bond donors (Lipinski definition) is 3. The van der Waals surface area contributed by atoms with E-state index < -0.39 is 11.4 Å². The molecule has 0 radical (unpaired) electrons. The quantitative estimate of drug-likeness (QED) is 0.409. The number of aliphatic hydroxyl groups excluding tert-OH is 1. The van der Waals surface area contributed by atoms with Gasteiger partial charge in [-0.05, 0) is 80.0 Å². The van der Waals surface area contributed by atoms with Crippen molar-refractivity contribution in [3.8, 4) is 11.5 Å². The van der Waals surface area contributed by atoms with Gasteiger partial charge in [-0.3, -0.25) is 19.3 Å². The van der Waals surface area contributed by atoms with Crippen LogP contribution in [0.25, 0.3) is 0 Å². The first-order valence-electron chi connectivity index (χ1n) is 15.4. The number of piperidine rings is 1. The molecule has 2 saturated heterocycles. The molecule has 228 valence electrons. The van der Waals surface area contributed by atoms with Crippen LogP contribution < -0.4 is 15.8 Å². The zero-order chi connectivity index (χ0) is 30.0. The zero-order valence-corrected chi connectivity index (χ0v) is 24.9. The first-order chi connectivity index (χ1) is 20.3. The minimum atomic E-state index is -0.706. The molecule has 0 atom stereocenters. The van der Waals surface area contributed by atoms with Gasteiger partial charge in [0.2, 0.25) is 17.7 Å². The standard InChI is InChI=1S/C26H32N4O4.C7H14O/c1-2-3-14-30-23(31)17-28-25(33)26(30)12-15-29(16-13-26)18-19-4-8-21(9-5-19)34-22-10-6-20(7-11-22)24(27)32;8-6-7-4-2-1-3-5-7/h4-11H,2-3,12-18H2,1H3,(H2,27,32)(H,28,33);7-8H,1-6H2. The summed E-state index contributed by atoms with van der Waals surface area (Å²) in [6, 6.07) is 14.6. The summed E-state index contributed by atoms with van der Waals surface area (Å²) in [5, 5.41) is 11.5. The molecule has 2 heterocycles. The Morgan fingerprint density at radius 2 is 1.62 bits per heavy atom. The van der Waals surface area contributed by atoms with E-state index >= 15 is 0 Å². The van der Waals surface area contributed by atoms with Crippen molar-refractivity contribution in [2.24, 2.45) is 11.7 Å². The number of rotatable bonds is 9. The number of nitrogens with two attached hydrogens (primary N) is 1. The predicted molar refractivity (Wildman–Crippen MR) is 162 cm³/mol. The molecule has 1 spiro atoms. The van der Waals surface area contributed by atoms with Crippen LogP contribution in [0.4, 0.5) is 0 Å². The summed E-state index contributed by atoms with van der Waals surface area (Å²) in [7, 11) is 0. The van der Waals surface area contributed by atoms with Crippen LogP contribution in [0.2, 0.25) is 0 Å². The SMILES string of the molecule is CCCCN1C(=O)CNC(=O)C12CCN(Cc1ccc(Oc3ccc(C(N)=O)cc3)cc1)CC2.OCC1CCCCC1. The van der Waals surface area contributed by atoms with Gasteiger partial charge in [0.1, 0.15) is 17.0 Å². The number of benzene rings is 2. The highest BCUT2D eigenvalue weighted by Gasteiger charge is 2.50. The zero-order valence-electron chi connectivity index (χ0n) is 24.9. The number of primary amides is 1. The maximum atomic E-state index is 12.8. The van der Waals surface area contributed by atoms with Crippen molar-refractivity contribution < 1.29 is 24.2 Å². The van der Waals surface area contributed by atoms with E-state index in [9.17, 15) is 14.4 Å². The molecule has 2 aromatic carbocycles. The minimum Gasteiger partial charge on any atom is -0.457 e. The Bertz CT molecular complexity index is 1170. The third-order valence-electron chi connectivity index (χ3n) is 8.75. The maximum absolute atomic E-state index is 12.8. The van der Waals surface area contributed by atoms with Crippen LogP contribution in [0.1, 0.15) is 80.6 Å². The normalized spacial score (nSPS) is 19.1. The average molecular weight is 579 g/mol. The summed E-state index contributed by atoms with van der Waals surface area (Å²) in [6.45, 7) is 5.56. The van der Waals surface area contributed by atoms with Crippen molar-refractivity contribution in [1.29, 1.82) is 0 Å². The monoisotopic (exact) mass is 578 g/mol. The van der Waals surface area contributed by atoms with E-state index in [1.165, 1.54) is 32.1 Å². The topological polar surface area (TPSA) is 125 Å². The molecule has 2 aliphatic heterocycles. The summed E-state index contributed by atoms with van der Waals surface area (Å²) >= 11 is 0. The Balaban J connectivity index is 0.000000437. The highest BCUT2D eigenvalue weighted by atomic mass is 16.5. The lowest BCUT2D eigenvalue weighted by Crippen LogP contribution is -2.70. The van der Waals surface area contributed by atoms with Crippen LogP contribution in [0, 0.1) is 5.92 Å². The van der Waals surface area contributed by atoms with Gasteiger partial charge in [-0.1, -0.05) is 44.7 Å². The fourth-order valence-corrected chi connectivity index (χ4v) is 6.12. The molecule has 0 bridgehead atoms. The molecule has 3 fully saturated rings. The number of ether oxygens (including phenoxy) is 1. The summed E-state index contributed by atoms with van der Waals surface area (Å²) < 4.78 is 5.85. The first kappa shape index (κ1) is 31.5. The third kappa shape index (κ3) is 8.10.